The van der Waals surface area contributed by atoms with Gasteiger partial charge in [0.2, 0.25) is 10.0 Å². The summed E-state index contributed by atoms with van der Waals surface area (Å²) in [4.78, 5) is 11.2. The van der Waals surface area contributed by atoms with Crippen molar-refractivity contribution in [1.82, 2.24) is 10.0 Å². The van der Waals surface area contributed by atoms with Gasteiger partial charge in [0.05, 0.1) is 10.5 Å². The molecule has 0 radical (unpaired) electrons. The monoisotopic (exact) mass is 376 g/mol. The van der Waals surface area contributed by atoms with E-state index >= 15 is 0 Å². The average Bonchev–Trinajstić information content (AvgIpc) is 2.54. The van der Waals surface area contributed by atoms with Crippen molar-refractivity contribution in [3.8, 4) is 0 Å². The van der Waals surface area contributed by atoms with E-state index in [9.17, 15) is 30.8 Å². The van der Waals surface area contributed by atoms with Gasteiger partial charge in [-0.25, -0.2) is 30.7 Å². The molecule has 0 bridgehead atoms. The van der Waals surface area contributed by atoms with Crippen LogP contribution in [0.5, 0.6) is 0 Å². The fourth-order valence-electron chi connectivity index (χ4n) is 1.86. The summed E-state index contributed by atoms with van der Waals surface area (Å²) in [6, 6.07) is 4.47. The molecule has 0 atom stereocenters. The molecule has 0 spiro atoms. The van der Waals surface area contributed by atoms with E-state index < -0.39 is 49.7 Å². The molecule has 2 rings (SSSR count). The predicted octanol–water partition coefficient (Wildman–Crippen LogP) is 1.95. The van der Waals surface area contributed by atoms with E-state index in [1.165, 1.54) is 0 Å². The van der Waals surface area contributed by atoms with Crippen LogP contribution in [0.25, 0.3) is 0 Å². The van der Waals surface area contributed by atoms with Gasteiger partial charge in [-0.1, -0.05) is 0 Å². The summed E-state index contributed by atoms with van der Waals surface area (Å²) in [6.07, 6.45) is 0. The summed E-state index contributed by atoms with van der Waals surface area (Å²) < 4.78 is 77.9. The zero-order chi connectivity index (χ0) is 18.6. The highest BCUT2D eigenvalue weighted by molar-refractivity contribution is 7.89. The third kappa shape index (κ3) is 4.77. The van der Waals surface area contributed by atoms with E-state index in [0.29, 0.717) is 18.2 Å². The summed E-state index contributed by atoms with van der Waals surface area (Å²) in [5.74, 6) is -5.26. The SMILES string of the molecule is O=C(NCCNS(=O)(=O)c1ccc(F)c(F)c1)c1ccc(F)cc1F. The third-order valence-electron chi connectivity index (χ3n) is 3.08. The molecule has 0 saturated carbocycles. The van der Waals surface area contributed by atoms with E-state index in [0.717, 1.165) is 18.2 Å². The minimum Gasteiger partial charge on any atom is -0.351 e. The first kappa shape index (κ1) is 18.9. The number of carbonyl (C=O) groups is 1. The number of halogens is 4. The smallest absolute Gasteiger partial charge is 0.254 e. The van der Waals surface area contributed by atoms with Crippen LogP contribution in [0.4, 0.5) is 17.6 Å². The Morgan fingerprint density at radius 3 is 2.24 bits per heavy atom. The summed E-state index contributed by atoms with van der Waals surface area (Å²) >= 11 is 0. The second-order valence-corrected chi connectivity index (χ2v) is 6.62. The predicted molar refractivity (Wildman–Crippen MR) is 80.2 cm³/mol. The molecule has 2 N–H and O–H groups in total. The number of rotatable bonds is 6. The first-order valence-corrected chi connectivity index (χ1v) is 8.37. The highest BCUT2D eigenvalue weighted by atomic mass is 32.2. The molecule has 0 fully saturated rings. The molecular formula is C15H12F4N2O3S. The van der Waals surface area contributed by atoms with Crippen LogP contribution in [0.1, 0.15) is 10.4 Å². The van der Waals surface area contributed by atoms with Crippen LogP contribution in [0.2, 0.25) is 0 Å². The normalized spacial score (nSPS) is 11.4. The number of carbonyl (C=O) groups excluding carboxylic acids is 1. The van der Waals surface area contributed by atoms with Gasteiger partial charge in [0.15, 0.2) is 11.6 Å². The van der Waals surface area contributed by atoms with Crippen LogP contribution in [0, 0.1) is 23.3 Å². The molecule has 0 aliphatic carbocycles. The number of nitrogens with one attached hydrogen (secondary N) is 2. The van der Waals surface area contributed by atoms with Gasteiger partial charge < -0.3 is 5.32 Å². The van der Waals surface area contributed by atoms with Gasteiger partial charge in [-0.3, -0.25) is 4.79 Å². The van der Waals surface area contributed by atoms with Crippen LogP contribution in [0.15, 0.2) is 41.3 Å². The lowest BCUT2D eigenvalue weighted by atomic mass is 10.2. The molecule has 0 unspecified atom stereocenters. The van der Waals surface area contributed by atoms with Crippen molar-refractivity contribution in [2.24, 2.45) is 0 Å². The Bertz CT molecular complexity index is 904. The second-order valence-electron chi connectivity index (χ2n) is 4.85. The molecule has 2 aromatic rings. The number of sulfonamides is 1. The Kier molecular flexibility index (Phi) is 5.75. The van der Waals surface area contributed by atoms with Crippen molar-refractivity contribution in [3.63, 3.8) is 0 Å². The van der Waals surface area contributed by atoms with Crippen molar-refractivity contribution in [3.05, 3.63) is 65.2 Å². The molecular weight excluding hydrogens is 364 g/mol. The highest BCUT2D eigenvalue weighted by Gasteiger charge is 2.16. The third-order valence-corrected chi connectivity index (χ3v) is 4.54. The van der Waals surface area contributed by atoms with E-state index in [1.807, 2.05) is 0 Å². The average molecular weight is 376 g/mol. The number of benzene rings is 2. The van der Waals surface area contributed by atoms with Gasteiger partial charge in [0.1, 0.15) is 11.6 Å². The zero-order valence-electron chi connectivity index (χ0n) is 12.5. The van der Waals surface area contributed by atoms with E-state index in [-0.39, 0.29) is 13.1 Å². The van der Waals surface area contributed by atoms with E-state index in [1.54, 1.807) is 0 Å². The second kappa shape index (κ2) is 7.62. The van der Waals surface area contributed by atoms with Gasteiger partial charge >= 0.3 is 0 Å². The lowest BCUT2D eigenvalue weighted by Crippen LogP contribution is -2.35. The van der Waals surface area contributed by atoms with Gasteiger partial charge in [-0.2, -0.15) is 0 Å². The maximum atomic E-state index is 13.4. The molecule has 0 aromatic heterocycles. The van der Waals surface area contributed by atoms with Crippen molar-refractivity contribution < 1.29 is 30.8 Å². The fourth-order valence-corrected chi connectivity index (χ4v) is 2.90. The van der Waals surface area contributed by atoms with Crippen molar-refractivity contribution >= 4 is 15.9 Å². The summed E-state index contributed by atoms with van der Waals surface area (Å²) in [6.45, 7) is -0.492. The maximum Gasteiger partial charge on any atom is 0.254 e. The van der Waals surface area contributed by atoms with Crippen LogP contribution in [-0.4, -0.2) is 27.4 Å². The quantitative estimate of drug-likeness (QED) is 0.598. The molecule has 0 saturated heterocycles. The number of hydrogen-bond acceptors (Lipinski definition) is 3. The molecule has 5 nitrogen and oxygen atoms in total. The summed E-state index contributed by atoms with van der Waals surface area (Å²) in [7, 11) is -4.11. The first-order valence-electron chi connectivity index (χ1n) is 6.88. The lowest BCUT2D eigenvalue weighted by Gasteiger charge is -2.09. The number of hydrogen-bond donors (Lipinski definition) is 2. The number of amides is 1. The minimum absolute atomic E-state index is 0.210. The zero-order valence-corrected chi connectivity index (χ0v) is 13.3. The highest BCUT2D eigenvalue weighted by Crippen LogP contribution is 2.13. The Hall–Kier alpha value is -2.46. The maximum absolute atomic E-state index is 13.4. The van der Waals surface area contributed by atoms with Crippen molar-refractivity contribution in [2.45, 2.75) is 4.90 Å². The molecule has 2 aromatic carbocycles. The van der Waals surface area contributed by atoms with E-state index in [2.05, 4.69) is 10.0 Å². The molecule has 25 heavy (non-hydrogen) atoms. The van der Waals surface area contributed by atoms with Crippen LogP contribution < -0.4 is 10.0 Å². The van der Waals surface area contributed by atoms with Crippen molar-refractivity contribution in [2.75, 3.05) is 13.1 Å². The molecule has 0 heterocycles. The van der Waals surface area contributed by atoms with Gasteiger partial charge in [0, 0.05) is 19.2 Å². The topological polar surface area (TPSA) is 75.3 Å². The molecule has 10 heteroatoms. The Morgan fingerprint density at radius 2 is 1.60 bits per heavy atom. The van der Waals surface area contributed by atoms with Crippen molar-refractivity contribution in [1.29, 1.82) is 0 Å². The lowest BCUT2D eigenvalue weighted by molar-refractivity contribution is 0.0950. The molecule has 0 aliphatic rings. The van der Waals surface area contributed by atoms with Crippen LogP contribution in [0.3, 0.4) is 0 Å². The largest absolute Gasteiger partial charge is 0.351 e. The Labute approximate surface area is 140 Å². The first-order chi connectivity index (χ1) is 11.7. The minimum atomic E-state index is -4.11. The molecule has 134 valence electrons. The Morgan fingerprint density at radius 1 is 0.880 bits per heavy atom. The fraction of sp³-hybridized carbons (Fsp3) is 0.133. The molecule has 0 aliphatic heterocycles. The van der Waals surface area contributed by atoms with E-state index in [4.69, 9.17) is 0 Å². The van der Waals surface area contributed by atoms with Gasteiger partial charge in [-0.15, -0.1) is 0 Å². The standard InChI is InChI=1S/C15H12F4N2O3S/c16-9-1-3-11(13(18)7-9)15(22)20-5-6-21-25(23,24)10-2-4-12(17)14(19)8-10/h1-4,7-8,21H,5-6H2,(H,20,22). The van der Waals surface area contributed by atoms with Crippen LogP contribution in [-0.2, 0) is 10.0 Å². The molecule has 1 amide bonds. The van der Waals surface area contributed by atoms with Gasteiger partial charge in [-0.05, 0) is 30.3 Å². The van der Waals surface area contributed by atoms with Gasteiger partial charge in [0.25, 0.3) is 5.91 Å². The Balaban J connectivity index is 1.91. The summed E-state index contributed by atoms with van der Waals surface area (Å²) in [5.41, 5.74) is -0.398. The van der Waals surface area contributed by atoms with Crippen LogP contribution >= 0.6 is 0 Å². The summed E-state index contributed by atoms with van der Waals surface area (Å²) in [5, 5.41) is 2.24.